The minimum atomic E-state index is -2.35. The van der Waals surface area contributed by atoms with Gasteiger partial charge >= 0.3 is 194 Å². The Morgan fingerprint density at radius 3 is 1.97 bits per heavy atom. The van der Waals surface area contributed by atoms with E-state index in [1.54, 1.807) is 9.35 Å². The van der Waals surface area contributed by atoms with Gasteiger partial charge in [0.25, 0.3) is 0 Å². The van der Waals surface area contributed by atoms with Gasteiger partial charge in [0.1, 0.15) is 0 Å². The molecule has 0 aromatic heterocycles. The average molecular weight is 583 g/mol. The van der Waals surface area contributed by atoms with Crippen LogP contribution in [0.3, 0.4) is 0 Å². The van der Waals surface area contributed by atoms with Crippen LogP contribution < -0.4 is 24.8 Å². The molecule has 0 fully saturated rings. The molecule has 174 valence electrons. The van der Waals surface area contributed by atoms with Gasteiger partial charge in [-0.15, -0.1) is 0 Å². The van der Waals surface area contributed by atoms with Crippen molar-refractivity contribution in [2.24, 2.45) is 5.92 Å². The Balaban J connectivity index is 0.00000193. The second-order valence-electron chi connectivity index (χ2n) is 9.19. The van der Waals surface area contributed by atoms with Crippen LogP contribution in [0.5, 0.6) is 0 Å². The van der Waals surface area contributed by atoms with Crippen molar-refractivity contribution in [3.05, 3.63) is 96.4 Å². The first-order valence-corrected chi connectivity index (χ1v) is 19.8. The van der Waals surface area contributed by atoms with Crippen LogP contribution in [0.15, 0.2) is 68.0 Å². The van der Waals surface area contributed by atoms with E-state index in [9.17, 15) is 4.39 Å². The van der Waals surface area contributed by atoms with Gasteiger partial charge in [0.05, 0.1) is 0 Å². The normalized spacial score (nSPS) is 19.2. The molecule has 0 aliphatic heterocycles. The van der Waals surface area contributed by atoms with Gasteiger partial charge in [0.2, 0.25) is 0 Å². The third kappa shape index (κ3) is 4.70. The van der Waals surface area contributed by atoms with Gasteiger partial charge in [-0.25, -0.2) is 0 Å². The van der Waals surface area contributed by atoms with Crippen LogP contribution in [-0.4, -0.2) is 5.43 Å². The maximum atomic E-state index is 15.5. The summed E-state index contributed by atoms with van der Waals surface area (Å²) >= 11 is -2.35. The van der Waals surface area contributed by atoms with Crippen molar-refractivity contribution in [3.8, 4) is 0 Å². The predicted molar refractivity (Wildman–Crippen MR) is 125 cm³/mol. The van der Waals surface area contributed by atoms with Gasteiger partial charge < -0.3 is 24.8 Å². The fraction of sp³-hybridized carbons (Fsp3) is 0.333. The molecule has 0 N–H and O–H groups in total. The zero-order chi connectivity index (χ0) is 22.6. The van der Waals surface area contributed by atoms with Crippen molar-refractivity contribution in [3.63, 3.8) is 0 Å². The zero-order valence-corrected chi connectivity index (χ0v) is 25.2. The third-order valence-corrected chi connectivity index (χ3v) is 26.2. The van der Waals surface area contributed by atoms with Crippen molar-refractivity contribution < 1.29 is 54.0 Å². The molecule has 2 unspecified atom stereocenters. The van der Waals surface area contributed by atoms with Gasteiger partial charge in [-0.1, -0.05) is 0 Å². The molecule has 4 rings (SSSR count). The third-order valence-electron chi connectivity index (χ3n) is 7.30. The Labute approximate surface area is 217 Å². The van der Waals surface area contributed by atoms with Crippen LogP contribution in [0.4, 0.5) is 8.78 Å². The maximum absolute atomic E-state index is 15.5. The monoisotopic (exact) mass is 580 g/mol. The Morgan fingerprint density at radius 2 is 1.45 bits per heavy atom. The van der Waals surface area contributed by atoms with Crippen LogP contribution in [0, 0.1) is 17.6 Å². The summed E-state index contributed by atoms with van der Waals surface area (Å²) in [6.45, 7) is 16.1. The second kappa shape index (κ2) is 10.9. The van der Waals surface area contributed by atoms with Crippen molar-refractivity contribution in [1.29, 1.82) is 0 Å². The van der Waals surface area contributed by atoms with Crippen molar-refractivity contribution in [2.45, 2.75) is 51.3 Å². The molecule has 6 heteroatoms. The first-order valence-electron chi connectivity index (χ1n) is 11.0. The maximum Gasteiger partial charge on any atom is -1.00 e. The summed E-state index contributed by atoms with van der Waals surface area (Å²) in [4.78, 5) is 0. The molecular formula is C27H30Cl2F2SiZr. The Hall–Kier alpha value is -0.800. The van der Waals surface area contributed by atoms with E-state index in [4.69, 9.17) is 0 Å². The molecule has 33 heavy (non-hydrogen) atoms. The summed E-state index contributed by atoms with van der Waals surface area (Å²) in [5, 5.41) is 0. The quantitative estimate of drug-likeness (QED) is 0.486. The summed E-state index contributed by atoms with van der Waals surface area (Å²) in [6.07, 6.45) is 0. The first kappa shape index (κ1) is 28.4. The molecule has 0 nitrogen and oxygen atoms in total. The average Bonchev–Trinajstić information content (AvgIpc) is 3.10. The number of benzene rings is 2. The molecule has 0 heterocycles. The first-order chi connectivity index (χ1) is 14.6. The fourth-order valence-electron chi connectivity index (χ4n) is 5.52. The van der Waals surface area contributed by atoms with E-state index in [2.05, 4.69) is 59.8 Å². The van der Waals surface area contributed by atoms with E-state index in [1.165, 1.54) is 22.3 Å². The Morgan fingerprint density at radius 1 is 0.848 bits per heavy atom. The SMILES string of the molecule is CC1=C(C)C(C)[C]([Zr+2]([CH]2C(C)=C(c3ccccc3)c3cc(F)cc(F)c32)=[Si](C)C)=C1C.[Cl-].[Cl-]. The van der Waals surface area contributed by atoms with Crippen molar-refractivity contribution in [2.75, 3.05) is 0 Å². The minimum Gasteiger partial charge on any atom is -1.00 e. The molecule has 2 aliphatic rings. The summed E-state index contributed by atoms with van der Waals surface area (Å²) in [5.41, 5.74) is 8.62. The van der Waals surface area contributed by atoms with E-state index in [0.717, 1.165) is 28.3 Å². The molecule has 0 radical (unpaired) electrons. The molecular weight excluding hydrogens is 553 g/mol. The number of hydrogen-bond donors (Lipinski definition) is 0. The van der Waals surface area contributed by atoms with E-state index < -0.39 is 31.6 Å². The van der Waals surface area contributed by atoms with Crippen LogP contribution >= 0.6 is 0 Å². The largest absolute Gasteiger partial charge is 1.00 e. The van der Waals surface area contributed by atoms with Crippen LogP contribution in [0.25, 0.3) is 5.57 Å². The smallest absolute Gasteiger partial charge is 1.00 e. The van der Waals surface area contributed by atoms with E-state index in [1.807, 2.05) is 18.2 Å². The summed E-state index contributed by atoms with van der Waals surface area (Å²) in [5.74, 6) is -0.397. The standard InChI is InChI=1S/C16H11F2.C9H13.C2H6Si.2ClH.Zr/c1-10-7-13-14(8-12(17)9-15(13)18)16(10)11-5-3-2-4-6-11;1-6-5-7(2)9(4)8(6)3;1-3-2;;;/h2-9H,1H3;6H,1-4H3;1-2H3;2*1H;/q;;;;;+2/p-2. The number of allylic oxidation sites excluding steroid dienone is 5. The summed E-state index contributed by atoms with van der Waals surface area (Å²) < 4.78 is 31.7. The van der Waals surface area contributed by atoms with Crippen molar-refractivity contribution >= 4 is 11.0 Å². The molecule has 0 saturated carbocycles. The second-order valence-corrected chi connectivity index (χ2v) is 26.5. The summed E-state index contributed by atoms with van der Waals surface area (Å²) in [6, 6.07) is 12.8. The van der Waals surface area contributed by atoms with Crippen LogP contribution in [0.1, 0.15) is 54.9 Å². The number of halogens is 4. The van der Waals surface area contributed by atoms with E-state index in [0.29, 0.717) is 5.92 Å². The van der Waals surface area contributed by atoms with Gasteiger partial charge in [0.15, 0.2) is 0 Å². The van der Waals surface area contributed by atoms with Crippen LogP contribution in [0.2, 0.25) is 13.1 Å². The molecule has 2 atom stereocenters. The Kier molecular flexibility index (Phi) is 9.35. The van der Waals surface area contributed by atoms with Gasteiger partial charge in [0, 0.05) is 0 Å². The molecule has 2 aromatic rings. The predicted octanol–water partition coefficient (Wildman–Crippen LogP) is 1.98. The molecule has 0 saturated heterocycles. The van der Waals surface area contributed by atoms with E-state index >= 15 is 4.39 Å². The number of fused-ring (bicyclic) bond motifs is 1. The van der Waals surface area contributed by atoms with E-state index in [-0.39, 0.29) is 34.3 Å². The van der Waals surface area contributed by atoms with Gasteiger partial charge in [-0.05, 0) is 0 Å². The Bertz CT molecular complexity index is 1220. The molecule has 2 aliphatic carbocycles. The van der Waals surface area contributed by atoms with Crippen molar-refractivity contribution in [1.82, 2.24) is 0 Å². The molecule has 0 spiro atoms. The topological polar surface area (TPSA) is 0 Å². The zero-order valence-electron chi connectivity index (χ0n) is 20.2. The van der Waals surface area contributed by atoms with Crippen LogP contribution in [-0.2, 0) is 20.4 Å². The number of rotatable bonds is 3. The molecule has 0 amide bonds. The molecule has 2 aromatic carbocycles. The van der Waals surface area contributed by atoms with Gasteiger partial charge in [-0.3, -0.25) is 0 Å². The van der Waals surface area contributed by atoms with Gasteiger partial charge in [-0.2, -0.15) is 0 Å². The summed E-state index contributed by atoms with van der Waals surface area (Å²) in [7, 11) is 0. The fourth-order valence-corrected chi connectivity index (χ4v) is 26.1. The minimum absolute atomic E-state index is 0. The number of hydrogen-bond acceptors (Lipinski definition) is 0. The molecule has 0 bridgehead atoms.